The minimum atomic E-state index is -4.10. The number of nitrogen functional groups attached to an aromatic ring is 1. The topological polar surface area (TPSA) is 147 Å². The summed E-state index contributed by atoms with van der Waals surface area (Å²) >= 11 is 12.0. The smallest absolute Gasteiger partial charge is 0.241 e. The zero-order valence-electron chi connectivity index (χ0n) is 17.7. The number of aromatic nitrogens is 2. The lowest BCUT2D eigenvalue weighted by Crippen LogP contribution is -2.50. The highest BCUT2D eigenvalue weighted by atomic mass is 35.5. The molecule has 2 atom stereocenters. The van der Waals surface area contributed by atoms with Crippen LogP contribution >= 0.6 is 23.2 Å². The van der Waals surface area contributed by atoms with Gasteiger partial charge in [-0.1, -0.05) is 30.1 Å². The summed E-state index contributed by atoms with van der Waals surface area (Å²) in [6.07, 6.45) is 5.54. The molecule has 1 aliphatic heterocycles. The third kappa shape index (κ3) is 5.93. The Kier molecular flexibility index (Phi) is 8.05. The van der Waals surface area contributed by atoms with Gasteiger partial charge in [-0.3, -0.25) is 4.79 Å². The lowest BCUT2D eigenvalue weighted by atomic mass is 9.98. The van der Waals surface area contributed by atoms with Crippen LogP contribution in [0.5, 0.6) is 0 Å². The molecule has 2 aromatic rings. The molecule has 0 aliphatic carbocycles. The number of aromatic amines is 1. The highest BCUT2D eigenvalue weighted by molar-refractivity contribution is 7.89. The molecule has 1 amide bonds. The number of H-pyrrole nitrogens is 1. The summed E-state index contributed by atoms with van der Waals surface area (Å²) in [5, 5.41) is 0.0382. The molecule has 176 valence electrons. The minimum absolute atomic E-state index is 0.0191. The number of amides is 1. The molecule has 1 aromatic carbocycles. The predicted molar refractivity (Wildman–Crippen MR) is 125 cm³/mol. The fourth-order valence-electron chi connectivity index (χ4n) is 3.62. The first-order valence-electron chi connectivity index (χ1n) is 10.4. The van der Waals surface area contributed by atoms with Crippen molar-refractivity contribution < 1.29 is 13.2 Å². The number of piperidine rings is 1. The van der Waals surface area contributed by atoms with E-state index in [1.807, 2.05) is 0 Å². The Balaban J connectivity index is 1.81. The van der Waals surface area contributed by atoms with Crippen LogP contribution in [0.1, 0.15) is 44.5 Å². The highest BCUT2D eigenvalue weighted by Crippen LogP contribution is 2.31. The summed E-state index contributed by atoms with van der Waals surface area (Å²) in [4.78, 5) is 21.9. The Bertz CT molecular complexity index is 1020. The fraction of sp³-hybridized carbons (Fsp3) is 0.500. The number of sulfonamides is 1. The van der Waals surface area contributed by atoms with Gasteiger partial charge in [-0.05, 0) is 43.7 Å². The van der Waals surface area contributed by atoms with Crippen LogP contribution in [0, 0.1) is 5.92 Å². The summed E-state index contributed by atoms with van der Waals surface area (Å²) in [5.74, 6) is 0.823. The number of benzene rings is 1. The molecule has 2 heterocycles. The van der Waals surface area contributed by atoms with Crippen molar-refractivity contribution in [2.45, 2.75) is 49.6 Å². The maximum absolute atomic E-state index is 13.3. The van der Waals surface area contributed by atoms with Crippen molar-refractivity contribution in [3.05, 3.63) is 40.4 Å². The van der Waals surface area contributed by atoms with Crippen LogP contribution in [0.15, 0.2) is 29.4 Å². The molecule has 32 heavy (non-hydrogen) atoms. The summed E-state index contributed by atoms with van der Waals surface area (Å²) in [6, 6.07) is 0.962. The number of hydrogen-bond acceptors (Lipinski definition) is 6. The van der Waals surface area contributed by atoms with Crippen molar-refractivity contribution in [3.8, 4) is 0 Å². The summed E-state index contributed by atoms with van der Waals surface area (Å²) in [7, 11) is -4.10. The number of imidazole rings is 1. The fourth-order valence-corrected chi connectivity index (χ4v) is 5.51. The largest absolute Gasteiger partial charge is 0.396 e. The van der Waals surface area contributed by atoms with Crippen LogP contribution < -0.4 is 16.2 Å². The maximum atomic E-state index is 13.3. The SMILES string of the molecule is CC1CCN(C(=O)[C@H](CCC(N)c2ncc[nH]2)NS(=O)(=O)c2cc(Cl)c(N)c(Cl)c2)CC1. The van der Waals surface area contributed by atoms with Gasteiger partial charge in [-0.15, -0.1) is 0 Å². The Morgan fingerprint density at radius 1 is 1.28 bits per heavy atom. The summed E-state index contributed by atoms with van der Waals surface area (Å²) in [5.41, 5.74) is 12.0. The maximum Gasteiger partial charge on any atom is 0.241 e. The van der Waals surface area contributed by atoms with Crippen molar-refractivity contribution in [2.75, 3.05) is 18.8 Å². The van der Waals surface area contributed by atoms with Gasteiger partial charge in [0.1, 0.15) is 11.9 Å². The van der Waals surface area contributed by atoms with Crippen LogP contribution in [0.2, 0.25) is 10.0 Å². The number of nitrogens with one attached hydrogen (secondary N) is 2. The second kappa shape index (κ2) is 10.4. The average Bonchev–Trinajstić information content (AvgIpc) is 3.29. The van der Waals surface area contributed by atoms with Crippen molar-refractivity contribution >= 4 is 44.8 Å². The molecule has 9 nitrogen and oxygen atoms in total. The molecule has 6 N–H and O–H groups in total. The van der Waals surface area contributed by atoms with E-state index in [2.05, 4.69) is 21.6 Å². The van der Waals surface area contributed by atoms with E-state index in [9.17, 15) is 13.2 Å². The number of nitrogens with zero attached hydrogens (tertiary/aromatic N) is 2. The van der Waals surface area contributed by atoms with E-state index in [4.69, 9.17) is 34.7 Å². The van der Waals surface area contributed by atoms with Gasteiger partial charge in [0, 0.05) is 25.5 Å². The molecule has 0 radical (unpaired) electrons. The minimum Gasteiger partial charge on any atom is -0.396 e. The van der Waals surface area contributed by atoms with Crippen LogP contribution in [-0.4, -0.2) is 48.3 Å². The van der Waals surface area contributed by atoms with Gasteiger partial charge < -0.3 is 21.4 Å². The van der Waals surface area contributed by atoms with E-state index in [1.54, 1.807) is 17.3 Å². The Hall–Kier alpha value is -1.85. The molecule has 0 bridgehead atoms. The number of carbonyl (C=O) groups is 1. The van der Waals surface area contributed by atoms with E-state index in [0.717, 1.165) is 12.8 Å². The van der Waals surface area contributed by atoms with Crippen molar-refractivity contribution in [2.24, 2.45) is 11.7 Å². The number of halogens is 2. The number of nitrogens with two attached hydrogens (primary N) is 2. The van der Waals surface area contributed by atoms with Gasteiger partial charge in [0.15, 0.2) is 0 Å². The zero-order valence-corrected chi connectivity index (χ0v) is 20.1. The third-order valence-electron chi connectivity index (χ3n) is 5.69. The predicted octanol–water partition coefficient (Wildman–Crippen LogP) is 2.68. The normalized spacial score (nSPS) is 17.3. The van der Waals surface area contributed by atoms with Gasteiger partial charge in [-0.2, -0.15) is 4.72 Å². The molecule has 3 rings (SSSR count). The molecular weight excluding hydrogens is 475 g/mol. The number of rotatable bonds is 8. The van der Waals surface area contributed by atoms with Gasteiger partial charge in [0.05, 0.1) is 26.7 Å². The number of likely N-dealkylation sites (tertiary alicyclic amines) is 1. The van der Waals surface area contributed by atoms with Gasteiger partial charge >= 0.3 is 0 Å². The lowest BCUT2D eigenvalue weighted by molar-refractivity contribution is -0.134. The second-order valence-electron chi connectivity index (χ2n) is 8.14. The van der Waals surface area contributed by atoms with Gasteiger partial charge in [-0.25, -0.2) is 13.4 Å². The molecule has 0 saturated carbocycles. The molecular formula is C20H28Cl2N6O3S. The van der Waals surface area contributed by atoms with Gasteiger partial charge in [0.2, 0.25) is 15.9 Å². The molecule has 1 aromatic heterocycles. The molecule has 1 unspecified atom stereocenters. The standard InChI is InChI=1S/C20H28Cl2N6O3S/c1-12-4-8-28(9-5-12)20(29)17(3-2-16(23)19-25-6-7-26-19)27-32(30,31)13-10-14(21)18(24)15(22)11-13/h6-7,10-12,16-17,27H,2-5,8-9,23-24H2,1H3,(H,25,26)/t16?,17-/m0/s1. The van der Waals surface area contributed by atoms with Crippen LogP contribution in [0.4, 0.5) is 5.69 Å². The third-order valence-corrected chi connectivity index (χ3v) is 7.77. The van der Waals surface area contributed by atoms with Crippen molar-refractivity contribution in [1.82, 2.24) is 19.6 Å². The van der Waals surface area contributed by atoms with Crippen molar-refractivity contribution in [3.63, 3.8) is 0 Å². The average molecular weight is 503 g/mol. The van der Waals surface area contributed by atoms with Crippen LogP contribution in [0.25, 0.3) is 0 Å². The Morgan fingerprint density at radius 3 is 2.47 bits per heavy atom. The monoisotopic (exact) mass is 502 g/mol. The molecule has 0 spiro atoms. The van der Waals surface area contributed by atoms with Crippen LogP contribution in [0.3, 0.4) is 0 Å². The zero-order chi connectivity index (χ0) is 23.5. The molecule has 12 heteroatoms. The Morgan fingerprint density at radius 2 is 1.91 bits per heavy atom. The molecule has 1 fully saturated rings. The van der Waals surface area contributed by atoms with Gasteiger partial charge in [0.25, 0.3) is 0 Å². The van der Waals surface area contributed by atoms with E-state index >= 15 is 0 Å². The number of hydrogen-bond donors (Lipinski definition) is 4. The second-order valence-corrected chi connectivity index (χ2v) is 10.7. The number of carbonyl (C=O) groups excluding carboxylic acids is 1. The Labute approximate surface area is 197 Å². The number of anilines is 1. The van der Waals surface area contributed by atoms with Crippen molar-refractivity contribution in [1.29, 1.82) is 0 Å². The van der Waals surface area contributed by atoms with Crippen LogP contribution in [-0.2, 0) is 14.8 Å². The highest BCUT2D eigenvalue weighted by Gasteiger charge is 2.32. The van der Waals surface area contributed by atoms with E-state index in [0.29, 0.717) is 31.3 Å². The lowest BCUT2D eigenvalue weighted by Gasteiger charge is -2.33. The first-order chi connectivity index (χ1) is 15.1. The van der Waals surface area contributed by atoms with E-state index in [-0.39, 0.29) is 33.0 Å². The summed E-state index contributed by atoms with van der Waals surface area (Å²) < 4.78 is 28.7. The first-order valence-corrected chi connectivity index (χ1v) is 12.6. The molecule has 1 saturated heterocycles. The first kappa shape index (κ1) is 24.8. The quantitative estimate of drug-likeness (QED) is 0.407. The molecule has 1 aliphatic rings. The summed E-state index contributed by atoms with van der Waals surface area (Å²) in [6.45, 7) is 3.31. The van der Waals surface area contributed by atoms with E-state index < -0.39 is 22.1 Å². The van der Waals surface area contributed by atoms with E-state index in [1.165, 1.54) is 12.1 Å².